The van der Waals surface area contributed by atoms with Gasteiger partial charge in [-0.15, -0.1) is 0 Å². The number of hydrogen-bond acceptors (Lipinski definition) is 3. The van der Waals surface area contributed by atoms with Crippen molar-refractivity contribution in [1.29, 1.82) is 0 Å². The van der Waals surface area contributed by atoms with Crippen molar-refractivity contribution < 1.29 is 9.47 Å². The summed E-state index contributed by atoms with van der Waals surface area (Å²) in [6, 6.07) is 0. The maximum absolute atomic E-state index is 5.49. The van der Waals surface area contributed by atoms with Gasteiger partial charge in [0.25, 0.3) is 0 Å². The Bertz CT molecular complexity index is 132. The first-order chi connectivity index (χ1) is 5.95. The van der Waals surface area contributed by atoms with Crippen LogP contribution in [0.1, 0.15) is 12.8 Å². The van der Waals surface area contributed by atoms with E-state index < -0.39 is 0 Å². The van der Waals surface area contributed by atoms with Crippen molar-refractivity contribution in [3.05, 3.63) is 0 Å². The molecule has 0 unspecified atom stereocenters. The molecule has 70 valence electrons. The summed E-state index contributed by atoms with van der Waals surface area (Å²) >= 11 is 0. The normalized spacial score (nSPS) is 24.0. The first-order valence-corrected chi connectivity index (χ1v) is 4.85. The van der Waals surface area contributed by atoms with Crippen molar-refractivity contribution in [1.82, 2.24) is 5.32 Å². The summed E-state index contributed by atoms with van der Waals surface area (Å²) < 4.78 is 10.5. The van der Waals surface area contributed by atoms with E-state index in [9.17, 15) is 0 Å². The molecule has 1 aliphatic carbocycles. The molecule has 1 aliphatic heterocycles. The molecule has 0 aromatic rings. The van der Waals surface area contributed by atoms with Crippen LogP contribution in [-0.2, 0) is 9.47 Å². The van der Waals surface area contributed by atoms with E-state index in [-0.39, 0.29) is 0 Å². The summed E-state index contributed by atoms with van der Waals surface area (Å²) in [6.45, 7) is 4.60. The molecule has 2 rings (SSSR count). The Labute approximate surface area is 73.4 Å². The highest BCUT2D eigenvalue weighted by Crippen LogP contribution is 2.27. The Balaban J connectivity index is 1.35. The summed E-state index contributed by atoms with van der Waals surface area (Å²) in [5.41, 5.74) is 0. The van der Waals surface area contributed by atoms with Crippen LogP contribution in [0.15, 0.2) is 0 Å². The molecule has 0 radical (unpaired) electrons. The molecule has 0 aromatic heterocycles. The molecule has 0 aromatic carbocycles. The second-order valence-electron chi connectivity index (χ2n) is 3.68. The molecule has 3 heteroatoms. The van der Waals surface area contributed by atoms with Crippen molar-refractivity contribution in [2.75, 3.05) is 32.9 Å². The van der Waals surface area contributed by atoms with Gasteiger partial charge in [-0.25, -0.2) is 0 Å². The van der Waals surface area contributed by atoms with Gasteiger partial charge in [-0.2, -0.15) is 0 Å². The van der Waals surface area contributed by atoms with Gasteiger partial charge in [-0.1, -0.05) is 0 Å². The molecule has 1 N–H and O–H groups in total. The molecule has 12 heavy (non-hydrogen) atoms. The molecular weight excluding hydrogens is 154 g/mol. The van der Waals surface area contributed by atoms with Gasteiger partial charge < -0.3 is 14.8 Å². The van der Waals surface area contributed by atoms with Gasteiger partial charge in [0.15, 0.2) is 0 Å². The van der Waals surface area contributed by atoms with E-state index in [4.69, 9.17) is 9.47 Å². The van der Waals surface area contributed by atoms with Crippen LogP contribution in [-0.4, -0.2) is 39.0 Å². The Morgan fingerprint density at radius 3 is 2.75 bits per heavy atom. The number of rotatable bonds is 6. The van der Waals surface area contributed by atoms with E-state index in [1.54, 1.807) is 0 Å². The molecule has 0 spiro atoms. The van der Waals surface area contributed by atoms with Crippen LogP contribution >= 0.6 is 0 Å². The molecule has 0 atom stereocenters. The zero-order chi connectivity index (χ0) is 8.23. The monoisotopic (exact) mass is 171 g/mol. The molecule has 1 heterocycles. The minimum atomic E-state index is 0.382. The topological polar surface area (TPSA) is 30.5 Å². The highest BCUT2D eigenvalue weighted by molar-refractivity contribution is 4.75. The van der Waals surface area contributed by atoms with Crippen LogP contribution < -0.4 is 5.32 Å². The van der Waals surface area contributed by atoms with Gasteiger partial charge in [0.2, 0.25) is 0 Å². The second kappa shape index (κ2) is 4.21. The third-order valence-electron chi connectivity index (χ3n) is 2.37. The van der Waals surface area contributed by atoms with Crippen LogP contribution in [0.25, 0.3) is 0 Å². The van der Waals surface area contributed by atoms with E-state index in [0.29, 0.717) is 6.10 Å². The van der Waals surface area contributed by atoms with E-state index in [0.717, 1.165) is 32.3 Å². The van der Waals surface area contributed by atoms with Crippen LogP contribution in [0, 0.1) is 5.92 Å². The van der Waals surface area contributed by atoms with Gasteiger partial charge in [-0.3, -0.25) is 0 Å². The van der Waals surface area contributed by atoms with Crippen LogP contribution in [0.5, 0.6) is 0 Å². The van der Waals surface area contributed by atoms with Gasteiger partial charge in [0, 0.05) is 6.54 Å². The second-order valence-corrected chi connectivity index (χ2v) is 3.68. The standard InChI is InChI=1S/C9H17NO2/c1-2-8(1)5-10-3-4-12-9-6-11-7-9/h8-10H,1-7H2. The molecule has 2 fully saturated rings. The molecular formula is C9H17NO2. The zero-order valence-corrected chi connectivity index (χ0v) is 7.42. The fourth-order valence-electron chi connectivity index (χ4n) is 1.24. The van der Waals surface area contributed by atoms with Crippen molar-refractivity contribution >= 4 is 0 Å². The third kappa shape index (κ3) is 2.73. The minimum absolute atomic E-state index is 0.382. The van der Waals surface area contributed by atoms with Gasteiger partial charge in [0.05, 0.1) is 19.8 Å². The Hall–Kier alpha value is -0.120. The zero-order valence-electron chi connectivity index (χ0n) is 7.42. The lowest BCUT2D eigenvalue weighted by Crippen LogP contribution is -2.37. The van der Waals surface area contributed by atoms with Crippen LogP contribution in [0.4, 0.5) is 0 Å². The van der Waals surface area contributed by atoms with E-state index in [2.05, 4.69) is 5.32 Å². The van der Waals surface area contributed by atoms with Crippen molar-refractivity contribution in [3.8, 4) is 0 Å². The third-order valence-corrected chi connectivity index (χ3v) is 2.37. The predicted octanol–water partition coefficient (Wildman–Crippen LogP) is 0.401. The summed E-state index contributed by atoms with van der Waals surface area (Å²) in [5, 5.41) is 3.39. The van der Waals surface area contributed by atoms with E-state index >= 15 is 0 Å². The first-order valence-electron chi connectivity index (χ1n) is 4.85. The van der Waals surface area contributed by atoms with Crippen LogP contribution in [0.3, 0.4) is 0 Å². The molecule has 1 saturated heterocycles. The fourth-order valence-corrected chi connectivity index (χ4v) is 1.24. The Kier molecular flexibility index (Phi) is 2.98. The van der Waals surface area contributed by atoms with Gasteiger partial charge in [0.1, 0.15) is 6.10 Å². The average Bonchev–Trinajstić information content (AvgIpc) is 2.76. The predicted molar refractivity (Wildman–Crippen MR) is 46.2 cm³/mol. The van der Waals surface area contributed by atoms with Crippen molar-refractivity contribution in [3.63, 3.8) is 0 Å². The van der Waals surface area contributed by atoms with E-state index in [1.807, 2.05) is 0 Å². The van der Waals surface area contributed by atoms with Gasteiger partial charge in [-0.05, 0) is 25.3 Å². The number of ether oxygens (including phenoxy) is 2. The lowest BCUT2D eigenvalue weighted by Gasteiger charge is -2.25. The molecule has 0 bridgehead atoms. The number of hydrogen-bond donors (Lipinski definition) is 1. The number of nitrogens with one attached hydrogen (secondary N) is 1. The summed E-state index contributed by atoms with van der Waals surface area (Å²) in [4.78, 5) is 0. The average molecular weight is 171 g/mol. The maximum atomic E-state index is 5.49. The summed E-state index contributed by atoms with van der Waals surface area (Å²) in [5.74, 6) is 0.969. The van der Waals surface area contributed by atoms with E-state index in [1.165, 1.54) is 19.4 Å². The molecule has 1 saturated carbocycles. The highest BCUT2D eigenvalue weighted by atomic mass is 16.6. The summed E-state index contributed by atoms with van der Waals surface area (Å²) in [7, 11) is 0. The molecule has 2 aliphatic rings. The minimum Gasteiger partial charge on any atom is -0.376 e. The van der Waals surface area contributed by atoms with Crippen LogP contribution in [0.2, 0.25) is 0 Å². The highest BCUT2D eigenvalue weighted by Gasteiger charge is 2.20. The quantitative estimate of drug-likeness (QED) is 0.587. The van der Waals surface area contributed by atoms with Crippen molar-refractivity contribution in [2.45, 2.75) is 18.9 Å². The maximum Gasteiger partial charge on any atom is 0.104 e. The van der Waals surface area contributed by atoms with Gasteiger partial charge >= 0.3 is 0 Å². The largest absolute Gasteiger partial charge is 0.376 e. The lowest BCUT2D eigenvalue weighted by molar-refractivity contribution is -0.128. The molecule has 0 amide bonds. The SMILES string of the molecule is C(COC1COC1)NCC1CC1. The Morgan fingerprint density at radius 2 is 2.17 bits per heavy atom. The first kappa shape index (κ1) is 8.48. The smallest absolute Gasteiger partial charge is 0.104 e. The lowest BCUT2D eigenvalue weighted by atomic mass is 10.3. The summed E-state index contributed by atoms with van der Waals surface area (Å²) in [6.07, 6.45) is 3.22. The Morgan fingerprint density at radius 1 is 1.33 bits per heavy atom. The molecule has 3 nitrogen and oxygen atoms in total. The fraction of sp³-hybridized carbons (Fsp3) is 1.00. The van der Waals surface area contributed by atoms with Crippen molar-refractivity contribution in [2.24, 2.45) is 5.92 Å².